The quantitative estimate of drug-likeness (QED) is 0.218. The molecule has 9 rings (SSSR count). The third-order valence-corrected chi connectivity index (χ3v) is 8.42. The normalized spacial score (nSPS) is 16.9. The van der Waals surface area contributed by atoms with Gasteiger partial charge in [0.25, 0.3) is 0 Å². The first-order valence-electron chi connectivity index (χ1n) is 13.5. The second-order valence-corrected chi connectivity index (χ2v) is 10.4. The molecule has 3 nitrogen and oxygen atoms in total. The standard InChI is InChI=1S/C36H24N3/c1-2-11-24(12-3-1)37-33-18-8-9-19-34(33)39-32-22-21-25(23-29(32)28-15-10-20-35(37)36(28)39)38-30-16-6-4-13-26(30)27-14-5-7-17-31(27)38/h1-23,36H/q+1. The highest BCUT2D eigenvalue weighted by Gasteiger charge is 2.48. The number of benzene rings is 5. The van der Waals surface area contributed by atoms with Crippen molar-refractivity contribution in [3.8, 4) is 5.69 Å². The van der Waals surface area contributed by atoms with Crippen LogP contribution in [0.5, 0.6) is 0 Å². The summed E-state index contributed by atoms with van der Waals surface area (Å²) in [7, 11) is 0. The molecule has 1 aromatic heterocycles. The largest absolute Gasteiger partial charge is 0.318 e. The minimum absolute atomic E-state index is 0.133. The molecule has 5 aromatic carbocycles. The van der Waals surface area contributed by atoms with Crippen molar-refractivity contribution in [3.63, 3.8) is 0 Å². The molecule has 3 heterocycles. The Balaban J connectivity index is 1.31. The van der Waals surface area contributed by atoms with Gasteiger partial charge in [0.05, 0.1) is 16.7 Å². The van der Waals surface area contributed by atoms with Crippen molar-refractivity contribution in [1.82, 2.24) is 9.14 Å². The zero-order valence-corrected chi connectivity index (χ0v) is 21.2. The van der Waals surface area contributed by atoms with Crippen LogP contribution in [0.25, 0.3) is 33.1 Å². The summed E-state index contributed by atoms with van der Waals surface area (Å²) in [6.45, 7) is 0. The van der Waals surface area contributed by atoms with Crippen molar-refractivity contribution in [3.05, 3.63) is 145 Å². The maximum atomic E-state index is 2.53. The van der Waals surface area contributed by atoms with Crippen molar-refractivity contribution in [2.75, 3.05) is 4.90 Å². The predicted molar refractivity (Wildman–Crippen MR) is 163 cm³/mol. The minimum Gasteiger partial charge on any atom is -0.318 e. The lowest BCUT2D eigenvalue weighted by molar-refractivity contribution is 0.931. The molecule has 0 amide bonds. The van der Waals surface area contributed by atoms with E-state index in [1.54, 1.807) is 0 Å². The molecular weight excluding hydrogens is 474 g/mol. The zero-order chi connectivity index (χ0) is 25.5. The van der Waals surface area contributed by atoms with E-state index in [2.05, 4.69) is 154 Å². The predicted octanol–water partition coefficient (Wildman–Crippen LogP) is 8.55. The van der Waals surface area contributed by atoms with E-state index in [9.17, 15) is 0 Å². The fourth-order valence-corrected chi connectivity index (χ4v) is 6.87. The molecule has 0 saturated carbocycles. The Bertz CT molecular complexity index is 2020. The van der Waals surface area contributed by atoms with E-state index >= 15 is 0 Å². The molecule has 39 heavy (non-hydrogen) atoms. The Morgan fingerprint density at radius 1 is 0.615 bits per heavy atom. The first kappa shape index (κ1) is 20.9. The van der Waals surface area contributed by atoms with E-state index in [0.29, 0.717) is 0 Å². The second-order valence-electron chi connectivity index (χ2n) is 10.4. The average molecular weight is 499 g/mol. The van der Waals surface area contributed by atoms with Crippen molar-refractivity contribution >= 4 is 55.8 Å². The molecule has 3 heteroatoms. The lowest BCUT2D eigenvalue weighted by Gasteiger charge is -2.32. The monoisotopic (exact) mass is 498 g/mol. The van der Waals surface area contributed by atoms with Crippen LogP contribution >= 0.6 is 0 Å². The van der Waals surface area contributed by atoms with Crippen LogP contribution < -0.4 is 9.48 Å². The number of allylic oxidation sites excluding steroid dienone is 2. The van der Waals surface area contributed by atoms with Crippen molar-refractivity contribution in [2.24, 2.45) is 0 Å². The van der Waals surface area contributed by atoms with Crippen LogP contribution in [0.1, 0.15) is 5.56 Å². The molecule has 2 aliphatic heterocycles. The summed E-state index contributed by atoms with van der Waals surface area (Å²) in [6, 6.07) is 44.1. The number of aromatic nitrogens is 1. The van der Waals surface area contributed by atoms with Crippen molar-refractivity contribution in [1.29, 1.82) is 0 Å². The van der Waals surface area contributed by atoms with Gasteiger partial charge in [-0.05, 0) is 42.0 Å². The molecule has 0 spiro atoms. The molecule has 0 N–H and O–H groups in total. The Morgan fingerprint density at radius 3 is 2.10 bits per heavy atom. The van der Waals surface area contributed by atoms with Crippen LogP contribution in [0, 0.1) is 0 Å². The molecule has 6 aromatic rings. The summed E-state index contributed by atoms with van der Waals surface area (Å²) in [6.07, 6.45) is 6.80. The smallest absolute Gasteiger partial charge is 0.235 e. The molecule has 1 aliphatic carbocycles. The highest BCUT2D eigenvalue weighted by atomic mass is 15.3. The average Bonchev–Trinajstić information content (AvgIpc) is 3.52. The van der Waals surface area contributed by atoms with Crippen LogP contribution in [0.2, 0.25) is 0 Å². The zero-order valence-electron chi connectivity index (χ0n) is 21.2. The minimum atomic E-state index is 0.133. The number of hydrogen-bond donors (Lipinski definition) is 0. The lowest BCUT2D eigenvalue weighted by atomic mass is 9.92. The summed E-state index contributed by atoms with van der Waals surface area (Å²) in [4.78, 5) is 2.53. The van der Waals surface area contributed by atoms with Gasteiger partial charge in [0.2, 0.25) is 17.1 Å². The van der Waals surface area contributed by atoms with Gasteiger partial charge in [-0.1, -0.05) is 78.9 Å². The summed E-state index contributed by atoms with van der Waals surface area (Å²) < 4.78 is 4.84. The van der Waals surface area contributed by atoms with E-state index in [1.807, 2.05) is 0 Å². The maximum absolute atomic E-state index is 2.53. The van der Waals surface area contributed by atoms with E-state index in [-0.39, 0.29) is 6.04 Å². The fourth-order valence-electron chi connectivity index (χ4n) is 6.87. The SMILES string of the molecule is C1=CC2=[N+](c3ccccc3)c3ccccc3N3c4ccc(-n5c6ccccc6c6ccccc65)cc4C(=C1)C23. The topological polar surface area (TPSA) is 11.2 Å². The van der Waals surface area contributed by atoms with Gasteiger partial charge in [-0.3, -0.25) is 0 Å². The third kappa shape index (κ3) is 2.74. The molecule has 182 valence electrons. The maximum Gasteiger partial charge on any atom is 0.235 e. The van der Waals surface area contributed by atoms with E-state index in [4.69, 9.17) is 0 Å². The van der Waals surface area contributed by atoms with Crippen LogP contribution in [0.4, 0.5) is 22.7 Å². The Kier molecular flexibility index (Phi) is 4.11. The van der Waals surface area contributed by atoms with Crippen molar-refractivity contribution < 1.29 is 0 Å². The number of fused-ring (bicyclic) bond motifs is 8. The molecular formula is C36H24N3+. The number of hydrogen-bond acceptors (Lipinski definition) is 1. The van der Waals surface area contributed by atoms with Crippen LogP contribution in [0.15, 0.2) is 140 Å². The van der Waals surface area contributed by atoms with Crippen LogP contribution in [0.3, 0.4) is 0 Å². The first-order valence-corrected chi connectivity index (χ1v) is 13.5. The van der Waals surface area contributed by atoms with Gasteiger partial charge in [-0.15, -0.1) is 0 Å². The van der Waals surface area contributed by atoms with Gasteiger partial charge >= 0.3 is 0 Å². The fraction of sp³-hybridized carbons (Fsp3) is 0.0278. The first-order chi connectivity index (χ1) is 19.4. The second kappa shape index (κ2) is 7.68. The molecule has 0 bridgehead atoms. The highest BCUT2D eigenvalue weighted by molar-refractivity contribution is 6.21. The number of nitrogens with zero attached hydrogens (tertiary/aromatic N) is 3. The van der Waals surface area contributed by atoms with Crippen LogP contribution in [-0.2, 0) is 0 Å². The lowest BCUT2D eigenvalue weighted by Crippen LogP contribution is -2.43. The Labute approximate surface area is 226 Å². The Hall–Kier alpha value is -5.15. The van der Waals surface area contributed by atoms with E-state index in [1.165, 1.54) is 67.1 Å². The van der Waals surface area contributed by atoms with E-state index in [0.717, 1.165) is 0 Å². The third-order valence-electron chi connectivity index (χ3n) is 8.42. The molecule has 1 unspecified atom stereocenters. The van der Waals surface area contributed by atoms with Crippen molar-refractivity contribution in [2.45, 2.75) is 6.04 Å². The van der Waals surface area contributed by atoms with Gasteiger partial charge in [0, 0.05) is 46.3 Å². The summed E-state index contributed by atoms with van der Waals surface area (Å²) in [5.74, 6) is 0. The van der Waals surface area contributed by atoms with Gasteiger partial charge in [-0.2, -0.15) is 4.58 Å². The summed E-state index contributed by atoms with van der Waals surface area (Å²) in [5.41, 5.74) is 12.5. The van der Waals surface area contributed by atoms with E-state index < -0.39 is 0 Å². The summed E-state index contributed by atoms with van der Waals surface area (Å²) in [5, 5.41) is 2.57. The molecule has 1 atom stereocenters. The highest BCUT2D eigenvalue weighted by Crippen LogP contribution is 2.52. The number of anilines is 2. The van der Waals surface area contributed by atoms with Gasteiger partial charge in [-0.25, -0.2) is 0 Å². The number of rotatable bonds is 2. The van der Waals surface area contributed by atoms with Crippen LogP contribution in [-0.4, -0.2) is 16.3 Å². The molecule has 0 radical (unpaired) electrons. The molecule has 0 fully saturated rings. The Morgan fingerprint density at radius 2 is 1.31 bits per heavy atom. The van der Waals surface area contributed by atoms with Gasteiger partial charge in [0.1, 0.15) is 11.7 Å². The molecule has 3 aliphatic rings. The number of para-hydroxylation sites is 5. The van der Waals surface area contributed by atoms with Gasteiger partial charge < -0.3 is 9.47 Å². The van der Waals surface area contributed by atoms with Gasteiger partial charge in [0.15, 0.2) is 0 Å². The summed E-state index contributed by atoms with van der Waals surface area (Å²) >= 11 is 0. The molecule has 0 saturated heterocycles.